The summed E-state index contributed by atoms with van der Waals surface area (Å²) < 4.78 is 11.9. The van der Waals surface area contributed by atoms with Crippen molar-refractivity contribution in [2.45, 2.75) is 38.9 Å². The highest BCUT2D eigenvalue weighted by Gasteiger charge is 2.52. The van der Waals surface area contributed by atoms with Crippen LogP contribution in [-0.2, 0) is 9.31 Å². The summed E-state index contributed by atoms with van der Waals surface area (Å²) >= 11 is 0. The van der Waals surface area contributed by atoms with Crippen LogP contribution in [-0.4, -0.2) is 35.9 Å². The maximum Gasteiger partial charge on any atom is 0.492 e. The molecule has 1 saturated heterocycles. The summed E-state index contributed by atoms with van der Waals surface area (Å²) in [5.41, 5.74) is 6.72. The van der Waals surface area contributed by atoms with Crippen molar-refractivity contribution in [3.63, 3.8) is 0 Å². The molecule has 1 heterocycles. The molecule has 1 aliphatic rings. The molecule has 1 aliphatic heterocycles. The number of nitrogens with one attached hydrogen (secondary N) is 1. The summed E-state index contributed by atoms with van der Waals surface area (Å²) in [4.78, 5) is 0. The van der Waals surface area contributed by atoms with Crippen LogP contribution in [0.5, 0.6) is 0 Å². The number of nitrogens with two attached hydrogens (primary N) is 1. The molecule has 0 bridgehead atoms. The maximum absolute atomic E-state index is 9.67. The molecule has 1 fully saturated rings. The monoisotopic (exact) mass is 302 g/mol. The van der Waals surface area contributed by atoms with Crippen LogP contribution in [0.1, 0.15) is 38.8 Å². The van der Waals surface area contributed by atoms with Crippen LogP contribution >= 0.6 is 0 Å². The van der Waals surface area contributed by atoms with E-state index in [1.807, 2.05) is 45.9 Å². The number of hydrogen-bond acceptors (Lipinski definition) is 4. The Hall–Kier alpha value is -1.63. The zero-order chi connectivity index (χ0) is 16.5. The topological polar surface area (TPSA) is 88.6 Å². The second-order valence-electron chi connectivity index (χ2n) is 6.50. The fraction of sp³-hybridized carbons (Fsp3) is 0.438. The quantitative estimate of drug-likeness (QED) is 0.451. The van der Waals surface area contributed by atoms with Crippen molar-refractivity contribution < 1.29 is 14.4 Å². The average molecular weight is 302 g/mol. The Morgan fingerprint density at radius 1 is 1.27 bits per heavy atom. The first-order valence-corrected chi connectivity index (χ1v) is 7.28. The van der Waals surface area contributed by atoms with Gasteiger partial charge in [0.25, 0.3) is 0 Å². The molecule has 5 nitrogen and oxygen atoms in total. The molecule has 1 aromatic carbocycles. The molecule has 6 heteroatoms. The molecule has 0 unspecified atom stereocenters. The zero-order valence-electron chi connectivity index (χ0n) is 13.5. The van der Waals surface area contributed by atoms with Crippen molar-refractivity contribution in [2.24, 2.45) is 5.73 Å². The summed E-state index contributed by atoms with van der Waals surface area (Å²) in [6.45, 7) is 7.72. The van der Waals surface area contributed by atoms with Crippen molar-refractivity contribution in [3.05, 3.63) is 40.9 Å². The van der Waals surface area contributed by atoms with Crippen molar-refractivity contribution in [2.75, 3.05) is 6.61 Å². The Labute approximate surface area is 131 Å². The van der Waals surface area contributed by atoms with Crippen LogP contribution in [0, 0.1) is 5.41 Å². The molecule has 0 aromatic heterocycles. The van der Waals surface area contributed by atoms with Gasteiger partial charge in [-0.1, -0.05) is 24.3 Å². The van der Waals surface area contributed by atoms with Crippen LogP contribution in [0.2, 0.25) is 0 Å². The molecule has 0 atom stereocenters. The van der Waals surface area contributed by atoms with Gasteiger partial charge in [0.2, 0.25) is 0 Å². The van der Waals surface area contributed by atoms with Crippen LogP contribution in [0.4, 0.5) is 0 Å². The number of amidine groups is 1. The molecular weight excluding hydrogens is 279 g/mol. The number of nitrogen functional groups attached to an aromatic ring is 1. The third kappa shape index (κ3) is 3.24. The molecule has 0 saturated carbocycles. The predicted octanol–water partition coefficient (Wildman–Crippen LogP) is 1.98. The van der Waals surface area contributed by atoms with E-state index in [0.717, 1.165) is 5.56 Å². The Morgan fingerprint density at radius 3 is 2.36 bits per heavy atom. The van der Waals surface area contributed by atoms with Gasteiger partial charge in [0.1, 0.15) is 5.84 Å². The van der Waals surface area contributed by atoms with Gasteiger partial charge in [-0.3, -0.25) is 5.41 Å². The van der Waals surface area contributed by atoms with Gasteiger partial charge in [-0.05, 0) is 44.8 Å². The second kappa shape index (κ2) is 5.87. The van der Waals surface area contributed by atoms with E-state index in [1.54, 1.807) is 12.1 Å². The molecule has 1 aromatic rings. The Balaban J connectivity index is 2.29. The molecule has 22 heavy (non-hydrogen) atoms. The van der Waals surface area contributed by atoms with Crippen molar-refractivity contribution >= 4 is 19.0 Å². The van der Waals surface area contributed by atoms with Gasteiger partial charge in [-0.25, -0.2) is 0 Å². The molecule has 118 valence electrons. The lowest BCUT2D eigenvalue weighted by Gasteiger charge is -2.32. The lowest BCUT2D eigenvalue weighted by molar-refractivity contribution is 0.00578. The fourth-order valence-electron chi connectivity index (χ4n) is 2.19. The van der Waals surface area contributed by atoms with Gasteiger partial charge in [-0.2, -0.15) is 0 Å². The normalized spacial score (nSPS) is 20.2. The third-order valence-corrected chi connectivity index (χ3v) is 4.29. The first-order valence-electron chi connectivity index (χ1n) is 7.28. The van der Waals surface area contributed by atoms with E-state index >= 15 is 0 Å². The highest BCUT2D eigenvalue weighted by atomic mass is 16.7. The van der Waals surface area contributed by atoms with Gasteiger partial charge in [0.15, 0.2) is 0 Å². The first kappa shape index (κ1) is 16.7. The van der Waals surface area contributed by atoms with Crippen LogP contribution in [0.15, 0.2) is 29.7 Å². The van der Waals surface area contributed by atoms with Gasteiger partial charge in [0, 0.05) is 5.56 Å². The standard InChI is InChI=1S/C16H23BN2O3/c1-15(2)16(3,4)22-17(21-15)13(10-20)9-11-6-5-7-12(8-11)14(18)19/h5-9,20H,10H2,1-4H3,(H3,18,19). The molecular formula is C16H23BN2O3. The summed E-state index contributed by atoms with van der Waals surface area (Å²) in [5.74, 6) is 0.0106. The summed E-state index contributed by atoms with van der Waals surface area (Å²) in [6, 6.07) is 7.27. The summed E-state index contributed by atoms with van der Waals surface area (Å²) in [7, 11) is -0.587. The lowest BCUT2D eigenvalue weighted by atomic mass is 9.77. The van der Waals surface area contributed by atoms with Gasteiger partial charge in [0.05, 0.1) is 17.8 Å². The molecule has 2 rings (SSSR count). The number of hydrogen-bond donors (Lipinski definition) is 3. The molecule has 0 radical (unpaired) electrons. The van der Waals surface area contributed by atoms with E-state index in [4.69, 9.17) is 20.5 Å². The number of rotatable bonds is 4. The minimum atomic E-state index is -0.587. The van der Waals surface area contributed by atoms with E-state index in [1.165, 1.54) is 0 Å². The van der Waals surface area contributed by atoms with Crippen molar-refractivity contribution in [3.8, 4) is 0 Å². The van der Waals surface area contributed by atoms with Crippen LogP contribution in [0.25, 0.3) is 6.08 Å². The van der Waals surface area contributed by atoms with Crippen LogP contribution < -0.4 is 5.73 Å². The average Bonchev–Trinajstić information content (AvgIpc) is 2.65. The minimum Gasteiger partial charge on any atom is -0.400 e. The van der Waals surface area contributed by atoms with Crippen molar-refractivity contribution in [1.82, 2.24) is 0 Å². The van der Waals surface area contributed by atoms with Gasteiger partial charge >= 0.3 is 7.12 Å². The minimum absolute atomic E-state index is 0.0106. The largest absolute Gasteiger partial charge is 0.492 e. The molecule has 4 N–H and O–H groups in total. The van der Waals surface area contributed by atoms with Gasteiger partial charge in [-0.15, -0.1) is 0 Å². The van der Waals surface area contributed by atoms with E-state index in [0.29, 0.717) is 11.0 Å². The Kier molecular flexibility index (Phi) is 4.47. The molecule has 0 spiro atoms. The number of aliphatic hydroxyl groups excluding tert-OH is 1. The molecule has 0 amide bonds. The number of benzene rings is 1. The van der Waals surface area contributed by atoms with Crippen LogP contribution in [0.3, 0.4) is 0 Å². The van der Waals surface area contributed by atoms with Crippen molar-refractivity contribution in [1.29, 1.82) is 5.41 Å². The third-order valence-electron chi connectivity index (χ3n) is 4.29. The SMILES string of the molecule is CC1(C)OB(C(=Cc2cccc(C(=N)N)c2)CO)OC1(C)C. The highest BCUT2D eigenvalue weighted by Crippen LogP contribution is 2.38. The number of aliphatic hydroxyl groups is 1. The predicted molar refractivity (Wildman–Crippen MR) is 88.6 cm³/mol. The molecule has 0 aliphatic carbocycles. The van der Waals surface area contributed by atoms with E-state index in [2.05, 4.69) is 0 Å². The van der Waals surface area contributed by atoms with E-state index < -0.39 is 18.3 Å². The zero-order valence-corrected chi connectivity index (χ0v) is 13.5. The smallest absolute Gasteiger partial charge is 0.400 e. The first-order chi connectivity index (χ1) is 10.2. The maximum atomic E-state index is 9.67. The summed E-state index contributed by atoms with van der Waals surface area (Å²) in [5, 5.41) is 17.2. The van der Waals surface area contributed by atoms with Gasteiger partial charge < -0.3 is 20.1 Å². The fourth-order valence-corrected chi connectivity index (χ4v) is 2.19. The Bertz CT molecular complexity index is 595. The highest BCUT2D eigenvalue weighted by molar-refractivity contribution is 6.55. The second-order valence-corrected chi connectivity index (χ2v) is 6.50. The lowest BCUT2D eigenvalue weighted by Crippen LogP contribution is -2.41. The Morgan fingerprint density at radius 2 is 1.86 bits per heavy atom. The van der Waals surface area contributed by atoms with E-state index in [9.17, 15) is 5.11 Å². The van der Waals surface area contributed by atoms with E-state index in [-0.39, 0.29) is 12.4 Å². The summed E-state index contributed by atoms with van der Waals surface area (Å²) in [6.07, 6.45) is 1.81.